The molecular formula is C72H93Br2ClFN10NaO22+2. The van der Waals surface area contributed by atoms with Crippen molar-refractivity contribution in [2.75, 3.05) is 99.7 Å². The molecule has 0 bridgehead atoms. The number of nitro benzene ring substituents is 6. The van der Waals surface area contributed by atoms with Crippen molar-refractivity contribution in [3.63, 3.8) is 0 Å². The topological polar surface area (TPSA) is 396 Å². The van der Waals surface area contributed by atoms with Crippen molar-refractivity contribution in [2.45, 2.75) is 111 Å². The molecule has 2 saturated heterocycles. The van der Waals surface area contributed by atoms with Crippen LogP contribution in [-0.4, -0.2) is 171 Å². The number of hydrogen-bond donors (Lipinski definition) is 0. The molecule has 0 radical (unpaired) electrons. The van der Waals surface area contributed by atoms with E-state index in [1.54, 1.807) is 60.7 Å². The molecule has 0 spiro atoms. The number of esters is 1. The summed E-state index contributed by atoms with van der Waals surface area (Å²) in [4.78, 5) is 110. The molecule has 37 heteroatoms. The third kappa shape index (κ3) is 35.6. The molecule has 32 nitrogen and oxygen atoms in total. The predicted molar refractivity (Wildman–Crippen MR) is 384 cm³/mol. The number of nitro groups is 6. The fourth-order valence-electron chi connectivity index (χ4n) is 12.8. The maximum Gasteiger partial charge on any atom is 1.00 e. The summed E-state index contributed by atoms with van der Waals surface area (Å²) in [6.45, 7) is 9.04. The van der Waals surface area contributed by atoms with E-state index in [-0.39, 0.29) is 137 Å². The maximum atomic E-state index is 12.4. The number of benzene rings is 6. The first-order valence-corrected chi connectivity index (χ1v) is 34.2. The number of piperidine rings is 2. The van der Waals surface area contributed by atoms with Crippen molar-refractivity contribution in [1.29, 1.82) is 0 Å². The molecule has 6 aromatic rings. The minimum absolute atomic E-state index is 0. The normalized spacial score (nSPS) is 13.2. The van der Waals surface area contributed by atoms with E-state index in [9.17, 15) is 89.4 Å². The second kappa shape index (κ2) is 50.1. The molecule has 0 aliphatic carbocycles. The van der Waals surface area contributed by atoms with Gasteiger partial charge in [0.25, 0.3) is 34.1 Å². The number of carboxylic acid groups (broad SMARTS) is 1. The Morgan fingerprint density at radius 2 is 0.697 bits per heavy atom. The molecule has 2 fully saturated rings. The molecule has 590 valence electrons. The van der Waals surface area contributed by atoms with Gasteiger partial charge in [-0.1, -0.05) is 19.0 Å². The van der Waals surface area contributed by atoms with Crippen LogP contribution in [0.15, 0.2) is 146 Å². The fourth-order valence-corrected chi connectivity index (χ4v) is 12.8. The number of carbonyl (C=O) groups is 4. The number of non-ortho nitro benzene ring substituents is 6. The molecule has 6 aromatic carbocycles. The third-order valence-corrected chi connectivity index (χ3v) is 18.1. The van der Waals surface area contributed by atoms with Crippen molar-refractivity contribution in [1.82, 2.24) is 0 Å². The van der Waals surface area contributed by atoms with Gasteiger partial charge in [-0.3, -0.25) is 69.9 Å². The first-order chi connectivity index (χ1) is 50.5. The van der Waals surface area contributed by atoms with Crippen LogP contribution in [0.4, 0.5) is 48.1 Å². The SMILES string of the molecule is C.C[N+](CCOC(=O)OCCl)(Cc1ccc([N+](=O)[O-])cc1)Cc1ccc([N+](=O)[O-])cc1.C[N+](CCOC(=O)OCOC(=O)CCC[N+]1(Cc2ccc([N+](=O)[O-])cc2)CCCCC1)(Cc1ccc([N+](=O)[O-])cc1)Cc1ccc([N+](=O)[O-])cc1.O=C([O-])CCC[N+]1(Cc2ccc([N+](=O)[O-])cc2)CCCCC1.[2H]CF.[Br-].[Br-].[Na+]. The van der Waals surface area contributed by atoms with Crippen molar-refractivity contribution in [3.8, 4) is 0 Å². The molecule has 2 heterocycles. The van der Waals surface area contributed by atoms with Crippen LogP contribution in [0.1, 0.15) is 106 Å². The Labute approximate surface area is 680 Å². The van der Waals surface area contributed by atoms with Crippen molar-refractivity contribution in [2.24, 2.45) is 0 Å². The zero-order valence-corrected chi connectivity index (χ0v) is 66.3. The summed E-state index contributed by atoms with van der Waals surface area (Å²) in [5.74, 6) is -1.51. The van der Waals surface area contributed by atoms with Crippen LogP contribution >= 0.6 is 11.6 Å². The van der Waals surface area contributed by atoms with Crippen molar-refractivity contribution >= 4 is 70.0 Å². The summed E-state index contributed by atoms with van der Waals surface area (Å²) in [5.41, 5.74) is 5.46. The molecule has 0 N–H and O–H groups in total. The Bertz CT molecular complexity index is 3740. The smallest absolute Gasteiger partial charge is 1.00 e. The van der Waals surface area contributed by atoms with Crippen molar-refractivity contribution < 1.29 is 165 Å². The zero-order chi connectivity index (χ0) is 77.7. The van der Waals surface area contributed by atoms with Crippen LogP contribution in [0.2, 0.25) is 0 Å². The fraction of sp³-hybridized carbons (Fsp3) is 0.444. The van der Waals surface area contributed by atoms with E-state index in [0.717, 1.165) is 127 Å². The number of likely N-dealkylation sites (N-methyl/N-ethyl adjacent to an activating group) is 2. The van der Waals surface area contributed by atoms with Crippen LogP contribution in [-0.2, 0) is 72.5 Å². The van der Waals surface area contributed by atoms with Gasteiger partial charge in [-0.25, -0.2) is 9.59 Å². The Hall–Kier alpha value is -8.78. The number of nitrogens with zero attached hydrogens (tertiary/aromatic N) is 10. The molecule has 109 heavy (non-hydrogen) atoms. The number of alkyl halides is 2. The van der Waals surface area contributed by atoms with E-state index in [0.29, 0.717) is 61.1 Å². The standard InChI is InChI=1S/C35H43N5O11.C19H21ClN3O7.C16H22N2O4.CH3F.CH4.2BrH.Na/c1-39(24-28-7-13-31(14-8-28)36(43)44,25-29-9-15-32(16-10-29)37(45)46)22-23-49-35(42)51-27-50-34(41)6-5-21-40(19-3-2-4-20-40)26-30-11-17-33(18-12-30)38(47)48;1-23(10-11-29-19(24)30-14-20,12-15-2-6-17(7-3-15)21(25)26)13-16-4-8-18(9-5-16)22(27)28;19-16(20)5-4-12-18(10-2-1-3-11-18)13-14-6-8-15(9-7-14)17(21)22;1-2;;;;/h7-18H,2-6,19-27H2,1H3;2-9H,10-14H2,1H3;6-9H,1-5,10-13H2;1H3;1H4;2*1H;/q+2;+1;;;;;;+1/p-2/i;;;1D;;;;. The van der Waals surface area contributed by atoms with E-state index < -0.39 is 67.7 Å². The minimum atomic E-state index is -1.01. The molecule has 2 aliphatic heterocycles. The Kier molecular flexibility index (Phi) is 44.3. The Morgan fingerprint density at radius 1 is 0.440 bits per heavy atom. The summed E-state index contributed by atoms with van der Waals surface area (Å²) >= 11 is 5.33. The van der Waals surface area contributed by atoms with Crippen LogP contribution < -0.4 is 68.6 Å². The molecule has 0 saturated carbocycles. The van der Waals surface area contributed by atoms with Crippen molar-refractivity contribution in [3.05, 3.63) is 240 Å². The van der Waals surface area contributed by atoms with Gasteiger partial charge in [0.1, 0.15) is 65.6 Å². The van der Waals surface area contributed by atoms with Gasteiger partial charge in [0.05, 0.1) is 97.8 Å². The molecule has 2 aliphatic rings. The number of carbonyl (C=O) groups excluding carboxylic acids is 4. The third-order valence-electron chi connectivity index (χ3n) is 18.0. The van der Waals surface area contributed by atoms with Crippen LogP contribution in [0.5, 0.6) is 0 Å². The summed E-state index contributed by atoms with van der Waals surface area (Å²) < 4.78 is 42.7. The van der Waals surface area contributed by atoms with Gasteiger partial charge >= 0.3 is 47.8 Å². The number of likely N-dealkylation sites (tertiary alicyclic amines) is 2. The number of carboxylic acids is 1. The Morgan fingerprint density at radius 3 is 0.954 bits per heavy atom. The molecular weight excluding hydrogens is 1590 g/mol. The summed E-state index contributed by atoms with van der Waals surface area (Å²) in [5, 5.41) is 76.2. The first-order valence-electron chi connectivity index (χ1n) is 34.3. The number of ether oxygens (including phenoxy) is 5. The summed E-state index contributed by atoms with van der Waals surface area (Å²) in [6, 6.07) is 37.7. The van der Waals surface area contributed by atoms with E-state index >= 15 is 0 Å². The van der Waals surface area contributed by atoms with Gasteiger partial charge in [0, 0.05) is 125 Å². The number of rotatable bonds is 35. The summed E-state index contributed by atoms with van der Waals surface area (Å²) in [6.07, 6.45) is 6.35. The molecule has 0 aromatic heterocycles. The molecule has 8 rings (SSSR count). The van der Waals surface area contributed by atoms with Gasteiger partial charge in [0.2, 0.25) is 6.79 Å². The Balaban J connectivity index is 0.000000871. The van der Waals surface area contributed by atoms with E-state index in [1.165, 1.54) is 79.2 Å². The van der Waals surface area contributed by atoms with E-state index in [4.69, 9.17) is 31.9 Å². The van der Waals surface area contributed by atoms with Gasteiger partial charge in [0.15, 0.2) is 6.07 Å². The first kappa shape index (κ1) is 96.3. The largest absolute Gasteiger partial charge is 1.00 e. The molecule has 0 amide bonds. The number of quaternary nitrogens is 4. The second-order valence-corrected chi connectivity index (χ2v) is 26.3. The average Bonchev–Trinajstić information content (AvgIpc) is 0.845. The van der Waals surface area contributed by atoms with Gasteiger partial charge < -0.3 is 85.5 Å². The average molecular weight is 1690 g/mol. The van der Waals surface area contributed by atoms with Gasteiger partial charge in [-0.05, 0) is 118 Å². The van der Waals surface area contributed by atoms with Crippen LogP contribution in [0, 0.1) is 60.7 Å². The zero-order valence-electron chi connectivity index (χ0n) is 61.3. The quantitative estimate of drug-likeness (QED) is 0.00791. The number of hydrogen-bond acceptors (Lipinski definition) is 22. The summed E-state index contributed by atoms with van der Waals surface area (Å²) in [7, 11) is 2.83. The van der Waals surface area contributed by atoms with Crippen LogP contribution in [0.3, 0.4) is 0 Å². The van der Waals surface area contributed by atoms with Gasteiger partial charge in [-0.2, -0.15) is 0 Å². The van der Waals surface area contributed by atoms with Crippen LogP contribution in [0.25, 0.3) is 0 Å². The number of aliphatic carboxylic acids is 1. The second-order valence-electron chi connectivity index (χ2n) is 26.1. The minimum Gasteiger partial charge on any atom is -1.00 e. The monoisotopic (exact) mass is 1690 g/mol. The molecule has 0 unspecified atom stereocenters. The maximum absolute atomic E-state index is 12.4. The van der Waals surface area contributed by atoms with E-state index in [1.807, 2.05) is 26.2 Å². The number of halogens is 4. The van der Waals surface area contributed by atoms with E-state index in [2.05, 4.69) is 4.74 Å². The van der Waals surface area contributed by atoms with Gasteiger partial charge in [-0.15, -0.1) is 0 Å². The predicted octanol–water partition coefficient (Wildman–Crippen LogP) is 4.05. The molecule has 0 atom stereocenters.